The molecule has 72 valence electrons. The van der Waals surface area contributed by atoms with Crippen LogP contribution in [0.4, 0.5) is 8.78 Å². The van der Waals surface area contributed by atoms with Crippen LogP contribution in [0.25, 0.3) is 0 Å². The molecule has 0 N–H and O–H groups in total. The number of esters is 1. The van der Waals surface area contributed by atoms with E-state index < -0.39 is 18.3 Å². The Morgan fingerprint density at radius 3 is 2.77 bits per heavy atom. The van der Waals surface area contributed by atoms with E-state index in [1.165, 1.54) is 7.11 Å². The molecular formula is C6H6F2N2O3. The van der Waals surface area contributed by atoms with Crippen molar-refractivity contribution in [2.75, 3.05) is 7.11 Å². The van der Waals surface area contributed by atoms with Gasteiger partial charge in [-0.15, -0.1) is 10.2 Å². The van der Waals surface area contributed by atoms with Crippen molar-refractivity contribution in [2.45, 2.75) is 12.8 Å². The van der Waals surface area contributed by atoms with Gasteiger partial charge in [0.25, 0.3) is 5.89 Å². The Kier molecular flexibility index (Phi) is 2.88. The fraction of sp³-hybridized carbons (Fsp3) is 0.500. The van der Waals surface area contributed by atoms with Gasteiger partial charge in [0.15, 0.2) is 0 Å². The van der Waals surface area contributed by atoms with Crippen LogP contribution >= 0.6 is 0 Å². The van der Waals surface area contributed by atoms with Gasteiger partial charge in [0.2, 0.25) is 5.89 Å². The summed E-state index contributed by atoms with van der Waals surface area (Å²) in [6.07, 6.45) is -3.12. The number of carbonyl (C=O) groups excluding carboxylic acids is 1. The minimum absolute atomic E-state index is 0.179. The number of aromatic nitrogens is 2. The molecule has 13 heavy (non-hydrogen) atoms. The SMILES string of the molecule is COC(=O)Cc1nnc(C(F)F)o1. The van der Waals surface area contributed by atoms with Gasteiger partial charge in [0.05, 0.1) is 7.11 Å². The van der Waals surface area contributed by atoms with Crippen LogP contribution in [0.3, 0.4) is 0 Å². The largest absolute Gasteiger partial charge is 0.469 e. The molecule has 0 fully saturated rings. The van der Waals surface area contributed by atoms with Crippen molar-refractivity contribution < 1.29 is 22.7 Å². The average Bonchev–Trinajstić information content (AvgIpc) is 2.52. The third-order valence-electron chi connectivity index (χ3n) is 1.19. The topological polar surface area (TPSA) is 65.2 Å². The molecule has 0 spiro atoms. The van der Waals surface area contributed by atoms with E-state index >= 15 is 0 Å². The summed E-state index contributed by atoms with van der Waals surface area (Å²) in [4.78, 5) is 10.6. The second-order valence-corrected chi connectivity index (χ2v) is 2.09. The maximum absolute atomic E-state index is 11.9. The lowest BCUT2D eigenvalue weighted by molar-refractivity contribution is -0.140. The number of hydrogen-bond acceptors (Lipinski definition) is 5. The quantitative estimate of drug-likeness (QED) is 0.660. The number of rotatable bonds is 3. The Balaban J connectivity index is 2.64. The number of nitrogens with zero attached hydrogens (tertiary/aromatic N) is 2. The molecule has 0 aromatic carbocycles. The van der Waals surface area contributed by atoms with Crippen molar-refractivity contribution in [2.24, 2.45) is 0 Å². The molecule has 0 saturated carbocycles. The molecule has 1 rings (SSSR count). The Bertz CT molecular complexity index is 300. The fourth-order valence-electron chi connectivity index (χ4n) is 0.622. The minimum atomic E-state index is -2.82. The van der Waals surface area contributed by atoms with Crippen molar-refractivity contribution >= 4 is 5.97 Å². The summed E-state index contributed by atoms with van der Waals surface area (Å²) in [5, 5.41) is 6.26. The Morgan fingerprint density at radius 1 is 1.62 bits per heavy atom. The zero-order chi connectivity index (χ0) is 9.84. The van der Waals surface area contributed by atoms with Crippen molar-refractivity contribution in [3.63, 3.8) is 0 Å². The van der Waals surface area contributed by atoms with E-state index in [2.05, 4.69) is 19.4 Å². The van der Waals surface area contributed by atoms with Crippen molar-refractivity contribution in [3.8, 4) is 0 Å². The van der Waals surface area contributed by atoms with Gasteiger partial charge in [-0.2, -0.15) is 8.78 Å². The van der Waals surface area contributed by atoms with Gasteiger partial charge in [-0.1, -0.05) is 0 Å². The predicted molar refractivity (Wildman–Crippen MR) is 35.0 cm³/mol. The van der Waals surface area contributed by atoms with E-state index in [9.17, 15) is 13.6 Å². The Morgan fingerprint density at radius 2 is 2.31 bits per heavy atom. The van der Waals surface area contributed by atoms with E-state index in [1.807, 2.05) is 0 Å². The first-order valence-electron chi connectivity index (χ1n) is 3.30. The molecule has 0 aliphatic rings. The zero-order valence-electron chi connectivity index (χ0n) is 6.66. The number of methoxy groups -OCH3 is 1. The lowest BCUT2D eigenvalue weighted by atomic mass is 10.4. The van der Waals surface area contributed by atoms with Gasteiger partial charge in [-0.25, -0.2) is 0 Å². The van der Waals surface area contributed by atoms with Gasteiger partial charge < -0.3 is 9.15 Å². The summed E-state index contributed by atoms with van der Waals surface area (Å²) in [5.41, 5.74) is 0. The van der Waals surface area contributed by atoms with Crippen LogP contribution < -0.4 is 0 Å². The van der Waals surface area contributed by atoms with E-state index in [0.29, 0.717) is 0 Å². The second-order valence-electron chi connectivity index (χ2n) is 2.09. The number of halogens is 2. The smallest absolute Gasteiger partial charge is 0.315 e. The summed E-state index contributed by atoms with van der Waals surface area (Å²) in [6, 6.07) is 0. The summed E-state index contributed by atoms with van der Waals surface area (Å²) in [7, 11) is 1.17. The molecule has 7 heteroatoms. The van der Waals surface area contributed by atoms with Gasteiger partial charge in [-0.05, 0) is 0 Å². The summed E-state index contributed by atoms with van der Waals surface area (Å²) in [6.45, 7) is 0. The molecular weight excluding hydrogens is 186 g/mol. The van der Waals surface area contributed by atoms with Crippen LogP contribution in [0.5, 0.6) is 0 Å². The highest BCUT2D eigenvalue weighted by Crippen LogP contribution is 2.16. The monoisotopic (exact) mass is 192 g/mol. The van der Waals surface area contributed by atoms with Crippen molar-refractivity contribution in [1.29, 1.82) is 0 Å². The van der Waals surface area contributed by atoms with Crippen LogP contribution in [-0.2, 0) is 16.0 Å². The third kappa shape index (κ3) is 2.46. The maximum Gasteiger partial charge on any atom is 0.315 e. The van der Waals surface area contributed by atoms with Crippen LogP contribution in [0, 0.1) is 0 Å². The summed E-state index contributed by atoms with van der Waals surface area (Å²) < 4.78 is 32.5. The van der Waals surface area contributed by atoms with Gasteiger partial charge in [0, 0.05) is 0 Å². The first-order chi connectivity index (χ1) is 6.13. The van der Waals surface area contributed by atoms with E-state index in [1.54, 1.807) is 0 Å². The zero-order valence-corrected chi connectivity index (χ0v) is 6.66. The summed E-state index contributed by atoms with van der Waals surface area (Å²) >= 11 is 0. The van der Waals surface area contributed by atoms with Gasteiger partial charge in [0.1, 0.15) is 6.42 Å². The molecule has 0 aliphatic carbocycles. The van der Waals surface area contributed by atoms with E-state index in [-0.39, 0.29) is 12.3 Å². The molecule has 1 aromatic heterocycles. The number of alkyl halides is 2. The van der Waals surface area contributed by atoms with E-state index in [0.717, 1.165) is 0 Å². The van der Waals surface area contributed by atoms with Gasteiger partial charge >= 0.3 is 12.4 Å². The Hall–Kier alpha value is -1.53. The molecule has 0 radical (unpaired) electrons. The molecule has 0 atom stereocenters. The molecule has 0 unspecified atom stereocenters. The molecule has 0 bridgehead atoms. The normalized spacial score (nSPS) is 10.5. The van der Waals surface area contributed by atoms with Crippen LogP contribution in [-0.4, -0.2) is 23.3 Å². The molecule has 5 nitrogen and oxygen atoms in total. The third-order valence-corrected chi connectivity index (χ3v) is 1.19. The fourth-order valence-corrected chi connectivity index (χ4v) is 0.622. The lowest BCUT2D eigenvalue weighted by Crippen LogP contribution is -2.04. The van der Waals surface area contributed by atoms with Gasteiger partial charge in [-0.3, -0.25) is 4.79 Å². The first-order valence-corrected chi connectivity index (χ1v) is 3.30. The molecule has 0 amide bonds. The highest BCUT2D eigenvalue weighted by molar-refractivity contribution is 5.70. The van der Waals surface area contributed by atoms with Crippen LogP contribution in [0.2, 0.25) is 0 Å². The van der Waals surface area contributed by atoms with Crippen LogP contribution in [0.15, 0.2) is 4.42 Å². The highest BCUT2D eigenvalue weighted by atomic mass is 19.3. The molecule has 1 heterocycles. The lowest BCUT2D eigenvalue weighted by Gasteiger charge is -1.92. The average molecular weight is 192 g/mol. The first kappa shape index (κ1) is 9.56. The molecule has 0 aliphatic heterocycles. The standard InChI is InChI=1S/C6H6F2N2O3/c1-12-4(11)2-3-9-10-6(13-3)5(7)8/h5H,2H2,1H3. The Labute approximate surface area is 71.7 Å². The summed E-state index contributed by atoms with van der Waals surface area (Å²) in [5.74, 6) is -1.59. The molecule has 1 aromatic rings. The minimum Gasteiger partial charge on any atom is -0.469 e. The van der Waals surface area contributed by atoms with Crippen molar-refractivity contribution in [3.05, 3.63) is 11.8 Å². The maximum atomic E-state index is 11.9. The number of carbonyl (C=O) groups is 1. The predicted octanol–water partition coefficient (Wildman–Crippen LogP) is 0.723. The highest BCUT2D eigenvalue weighted by Gasteiger charge is 2.17. The van der Waals surface area contributed by atoms with Crippen molar-refractivity contribution in [1.82, 2.24) is 10.2 Å². The van der Waals surface area contributed by atoms with E-state index in [4.69, 9.17) is 0 Å². The molecule has 0 saturated heterocycles. The second kappa shape index (κ2) is 3.92. The number of ether oxygens (including phenoxy) is 1. The van der Waals surface area contributed by atoms with Crippen LogP contribution in [0.1, 0.15) is 18.2 Å². The number of hydrogen-bond donors (Lipinski definition) is 0.